The Hall–Kier alpha value is -0.380. The molecular weight excluding hydrogens is 236 g/mol. The SMILES string of the molecule is O=C(CS(=O)(=O)C1CCCC1)C1CCCCC1. The van der Waals surface area contributed by atoms with Crippen molar-refractivity contribution in [3.8, 4) is 0 Å². The van der Waals surface area contributed by atoms with Gasteiger partial charge in [-0.1, -0.05) is 32.1 Å². The zero-order chi connectivity index (χ0) is 12.3. The van der Waals surface area contributed by atoms with E-state index < -0.39 is 9.84 Å². The number of hydrogen-bond donors (Lipinski definition) is 0. The molecule has 98 valence electrons. The smallest absolute Gasteiger partial charge is 0.160 e. The normalized spacial score (nSPS) is 24.0. The van der Waals surface area contributed by atoms with E-state index in [-0.39, 0.29) is 22.7 Å². The Morgan fingerprint density at radius 3 is 2.00 bits per heavy atom. The van der Waals surface area contributed by atoms with Crippen LogP contribution in [0.1, 0.15) is 57.8 Å². The molecule has 0 atom stereocenters. The zero-order valence-corrected chi connectivity index (χ0v) is 11.2. The highest BCUT2D eigenvalue weighted by Gasteiger charge is 2.33. The number of hydrogen-bond acceptors (Lipinski definition) is 3. The van der Waals surface area contributed by atoms with Crippen molar-refractivity contribution in [2.24, 2.45) is 5.92 Å². The van der Waals surface area contributed by atoms with Gasteiger partial charge in [0, 0.05) is 5.92 Å². The number of carbonyl (C=O) groups excluding carboxylic acids is 1. The Kier molecular flexibility index (Phi) is 4.23. The minimum atomic E-state index is -3.16. The highest BCUT2D eigenvalue weighted by Crippen LogP contribution is 2.28. The molecule has 2 fully saturated rings. The van der Waals surface area contributed by atoms with Crippen LogP contribution in [0.15, 0.2) is 0 Å². The molecule has 2 aliphatic carbocycles. The Balaban J connectivity index is 1.92. The van der Waals surface area contributed by atoms with E-state index in [9.17, 15) is 13.2 Å². The summed E-state index contributed by atoms with van der Waals surface area (Å²) in [6.07, 6.45) is 8.69. The van der Waals surface area contributed by atoms with Crippen LogP contribution in [0.25, 0.3) is 0 Å². The maximum absolute atomic E-state index is 12.1. The summed E-state index contributed by atoms with van der Waals surface area (Å²) < 4.78 is 24.1. The lowest BCUT2D eigenvalue weighted by atomic mass is 9.87. The second kappa shape index (κ2) is 5.51. The first-order valence-corrected chi connectivity index (χ1v) is 8.55. The quantitative estimate of drug-likeness (QED) is 0.778. The molecule has 0 heterocycles. The van der Waals surface area contributed by atoms with E-state index in [1.54, 1.807) is 0 Å². The average molecular weight is 258 g/mol. The molecule has 2 rings (SSSR count). The Morgan fingerprint density at radius 1 is 0.882 bits per heavy atom. The fourth-order valence-electron chi connectivity index (χ4n) is 3.11. The molecule has 0 aliphatic heterocycles. The second-order valence-electron chi connectivity index (χ2n) is 5.51. The first kappa shape index (κ1) is 13.1. The molecule has 0 spiro atoms. The third-order valence-electron chi connectivity index (χ3n) is 4.21. The van der Waals surface area contributed by atoms with Crippen LogP contribution in [0.2, 0.25) is 0 Å². The van der Waals surface area contributed by atoms with Gasteiger partial charge < -0.3 is 0 Å². The van der Waals surface area contributed by atoms with E-state index >= 15 is 0 Å². The Morgan fingerprint density at radius 2 is 1.41 bits per heavy atom. The van der Waals surface area contributed by atoms with Gasteiger partial charge in [0.25, 0.3) is 0 Å². The van der Waals surface area contributed by atoms with Crippen LogP contribution in [0, 0.1) is 5.92 Å². The van der Waals surface area contributed by atoms with Crippen LogP contribution in [0.5, 0.6) is 0 Å². The molecule has 0 saturated heterocycles. The summed E-state index contributed by atoms with van der Waals surface area (Å²) in [4.78, 5) is 12.0. The van der Waals surface area contributed by atoms with E-state index in [1.807, 2.05) is 0 Å². The summed E-state index contributed by atoms with van der Waals surface area (Å²) in [7, 11) is -3.16. The van der Waals surface area contributed by atoms with Crippen LogP contribution in [-0.2, 0) is 14.6 Å². The van der Waals surface area contributed by atoms with Crippen molar-refractivity contribution in [2.45, 2.75) is 63.0 Å². The van der Waals surface area contributed by atoms with Crippen molar-refractivity contribution in [3.05, 3.63) is 0 Å². The molecule has 0 unspecified atom stereocenters. The van der Waals surface area contributed by atoms with Gasteiger partial charge in [0.15, 0.2) is 15.6 Å². The first-order valence-electron chi connectivity index (χ1n) is 6.84. The zero-order valence-electron chi connectivity index (χ0n) is 10.4. The molecule has 17 heavy (non-hydrogen) atoms. The fraction of sp³-hybridized carbons (Fsp3) is 0.923. The second-order valence-corrected chi connectivity index (χ2v) is 7.80. The number of ketones is 1. The number of sulfone groups is 1. The minimum absolute atomic E-state index is 0.0170. The monoisotopic (exact) mass is 258 g/mol. The molecule has 2 saturated carbocycles. The van der Waals surface area contributed by atoms with Gasteiger partial charge in [-0.05, 0) is 25.7 Å². The molecule has 0 aromatic heterocycles. The van der Waals surface area contributed by atoms with Gasteiger partial charge in [0.05, 0.1) is 5.25 Å². The van der Waals surface area contributed by atoms with Crippen molar-refractivity contribution in [1.82, 2.24) is 0 Å². The van der Waals surface area contributed by atoms with Gasteiger partial charge >= 0.3 is 0 Å². The molecule has 0 aromatic carbocycles. The van der Waals surface area contributed by atoms with Crippen molar-refractivity contribution in [3.63, 3.8) is 0 Å². The lowest BCUT2D eigenvalue weighted by molar-refractivity contribution is -0.121. The third kappa shape index (κ3) is 3.30. The van der Waals surface area contributed by atoms with E-state index in [4.69, 9.17) is 0 Å². The lowest BCUT2D eigenvalue weighted by Crippen LogP contribution is -2.30. The van der Waals surface area contributed by atoms with Gasteiger partial charge in [-0.15, -0.1) is 0 Å². The largest absolute Gasteiger partial charge is 0.298 e. The Labute approximate surface area is 104 Å². The van der Waals surface area contributed by atoms with Crippen molar-refractivity contribution in [1.29, 1.82) is 0 Å². The molecule has 0 radical (unpaired) electrons. The molecule has 0 amide bonds. The maximum atomic E-state index is 12.1. The van der Waals surface area contributed by atoms with Gasteiger partial charge in [0.2, 0.25) is 0 Å². The highest BCUT2D eigenvalue weighted by atomic mass is 32.2. The molecule has 3 nitrogen and oxygen atoms in total. The summed E-state index contributed by atoms with van der Waals surface area (Å²) in [5.41, 5.74) is 0. The summed E-state index contributed by atoms with van der Waals surface area (Å²) >= 11 is 0. The van der Waals surface area contributed by atoms with Crippen LogP contribution >= 0.6 is 0 Å². The summed E-state index contributed by atoms with van der Waals surface area (Å²) in [5.74, 6) is -0.181. The topological polar surface area (TPSA) is 51.2 Å². The molecule has 0 bridgehead atoms. The average Bonchev–Trinajstić information content (AvgIpc) is 2.84. The standard InChI is InChI=1S/C13H22O3S/c14-13(11-6-2-1-3-7-11)10-17(15,16)12-8-4-5-9-12/h11-12H,1-10H2. The number of Topliss-reactive ketones (excluding diaryl/α,β-unsaturated/α-hetero) is 1. The van der Waals surface area contributed by atoms with E-state index in [0.717, 1.165) is 51.4 Å². The number of rotatable bonds is 4. The molecule has 2 aliphatic rings. The summed E-state index contributed by atoms with van der Waals surface area (Å²) in [5, 5.41) is -0.227. The van der Waals surface area contributed by atoms with Gasteiger partial charge in [0.1, 0.15) is 5.75 Å². The minimum Gasteiger partial charge on any atom is -0.298 e. The van der Waals surface area contributed by atoms with Gasteiger partial charge in [-0.2, -0.15) is 0 Å². The van der Waals surface area contributed by atoms with Crippen LogP contribution in [0.4, 0.5) is 0 Å². The van der Waals surface area contributed by atoms with Gasteiger partial charge in [-0.25, -0.2) is 8.42 Å². The van der Waals surface area contributed by atoms with Crippen LogP contribution < -0.4 is 0 Å². The van der Waals surface area contributed by atoms with Gasteiger partial charge in [-0.3, -0.25) is 4.79 Å². The van der Waals surface area contributed by atoms with Crippen molar-refractivity contribution in [2.75, 3.05) is 5.75 Å². The first-order chi connectivity index (χ1) is 8.09. The fourth-order valence-corrected chi connectivity index (χ4v) is 5.03. The summed E-state index contributed by atoms with van der Waals surface area (Å²) in [6, 6.07) is 0. The summed E-state index contributed by atoms with van der Waals surface area (Å²) in [6.45, 7) is 0. The van der Waals surface area contributed by atoms with Crippen molar-refractivity contribution >= 4 is 15.6 Å². The molecular formula is C13H22O3S. The Bertz CT molecular complexity index is 360. The number of carbonyl (C=O) groups is 1. The highest BCUT2D eigenvalue weighted by molar-refractivity contribution is 7.92. The maximum Gasteiger partial charge on any atom is 0.160 e. The van der Waals surface area contributed by atoms with Crippen LogP contribution in [-0.4, -0.2) is 25.2 Å². The predicted molar refractivity (Wildman–Crippen MR) is 67.6 cm³/mol. The van der Waals surface area contributed by atoms with Crippen LogP contribution in [0.3, 0.4) is 0 Å². The van der Waals surface area contributed by atoms with E-state index in [2.05, 4.69) is 0 Å². The molecule has 0 N–H and O–H groups in total. The third-order valence-corrected chi connectivity index (χ3v) is 6.39. The van der Waals surface area contributed by atoms with Crippen molar-refractivity contribution < 1.29 is 13.2 Å². The lowest BCUT2D eigenvalue weighted by Gasteiger charge is -2.21. The van der Waals surface area contributed by atoms with E-state index in [0.29, 0.717) is 0 Å². The molecule has 4 heteroatoms. The van der Waals surface area contributed by atoms with E-state index in [1.165, 1.54) is 6.42 Å². The molecule has 0 aromatic rings. The predicted octanol–water partition coefficient (Wildman–Crippen LogP) is 2.49.